The summed E-state index contributed by atoms with van der Waals surface area (Å²) in [6.07, 6.45) is 3.00. The van der Waals surface area contributed by atoms with Crippen LogP contribution in [0.15, 0.2) is 18.5 Å². The van der Waals surface area contributed by atoms with Crippen LogP contribution in [0.5, 0.6) is 0 Å². The highest BCUT2D eigenvalue weighted by Crippen LogP contribution is 2.19. The van der Waals surface area contributed by atoms with Gasteiger partial charge in [0, 0.05) is 0 Å². The first-order valence-electron chi connectivity index (χ1n) is 3.65. The smallest absolute Gasteiger partial charge is 0.329 e. The molecule has 0 aliphatic heterocycles. The molecule has 0 radical (unpaired) electrons. The third-order valence-corrected chi connectivity index (χ3v) is 2.08. The fourth-order valence-corrected chi connectivity index (χ4v) is 1.41. The monoisotopic (exact) mass is 201 g/mol. The Bertz CT molecular complexity index is 455. The van der Waals surface area contributed by atoms with E-state index in [-0.39, 0.29) is 5.02 Å². The summed E-state index contributed by atoms with van der Waals surface area (Å²) in [6, 6.07) is 1.60. The molecule has 0 unspecified atom stereocenters. The SMILES string of the molecule is CO[n+]1cc(Cl)c(F)c2cc[nH]c21. The number of H-pyrrole nitrogens is 1. The zero-order chi connectivity index (χ0) is 9.42. The van der Waals surface area contributed by atoms with Crippen molar-refractivity contribution in [2.45, 2.75) is 0 Å². The molecule has 1 N–H and O–H groups in total. The Labute approximate surface area is 78.7 Å². The second kappa shape index (κ2) is 2.88. The maximum Gasteiger partial charge on any atom is 0.329 e. The van der Waals surface area contributed by atoms with Crippen molar-refractivity contribution in [2.24, 2.45) is 0 Å². The molecule has 0 spiro atoms. The molecule has 2 aromatic heterocycles. The lowest BCUT2D eigenvalue weighted by Crippen LogP contribution is -2.41. The van der Waals surface area contributed by atoms with E-state index >= 15 is 0 Å². The minimum Gasteiger partial charge on any atom is -0.339 e. The number of nitrogens with zero attached hydrogens (tertiary/aromatic N) is 1. The highest BCUT2D eigenvalue weighted by atomic mass is 35.5. The van der Waals surface area contributed by atoms with Gasteiger partial charge in [0.1, 0.15) is 17.5 Å². The van der Waals surface area contributed by atoms with Crippen LogP contribution in [-0.4, -0.2) is 12.1 Å². The van der Waals surface area contributed by atoms with Crippen molar-refractivity contribution in [3.63, 3.8) is 0 Å². The van der Waals surface area contributed by atoms with E-state index in [2.05, 4.69) is 4.98 Å². The number of aromatic nitrogens is 2. The number of rotatable bonds is 1. The second-order valence-corrected chi connectivity index (χ2v) is 2.95. The predicted molar refractivity (Wildman–Crippen MR) is 46.0 cm³/mol. The fourth-order valence-electron chi connectivity index (χ4n) is 1.22. The average Bonchev–Trinajstić information content (AvgIpc) is 2.60. The second-order valence-electron chi connectivity index (χ2n) is 2.54. The molecule has 0 aliphatic carbocycles. The van der Waals surface area contributed by atoms with Crippen LogP contribution in [0.2, 0.25) is 5.02 Å². The van der Waals surface area contributed by atoms with Gasteiger partial charge in [0.2, 0.25) is 0 Å². The predicted octanol–water partition coefficient (Wildman–Crippen LogP) is 1.31. The van der Waals surface area contributed by atoms with E-state index in [1.807, 2.05) is 0 Å². The van der Waals surface area contributed by atoms with Gasteiger partial charge in [-0.25, -0.2) is 9.37 Å². The van der Waals surface area contributed by atoms with E-state index in [0.29, 0.717) is 11.0 Å². The maximum absolute atomic E-state index is 13.3. The number of hydrogen-bond donors (Lipinski definition) is 1. The fraction of sp³-hybridized carbons (Fsp3) is 0.125. The zero-order valence-electron chi connectivity index (χ0n) is 6.84. The Morgan fingerprint density at radius 3 is 3.08 bits per heavy atom. The zero-order valence-corrected chi connectivity index (χ0v) is 7.60. The summed E-state index contributed by atoms with van der Waals surface area (Å²) in [5.74, 6) is -0.439. The van der Waals surface area contributed by atoms with Gasteiger partial charge in [0.15, 0.2) is 12.0 Å². The van der Waals surface area contributed by atoms with Crippen LogP contribution in [0.25, 0.3) is 11.0 Å². The molecule has 2 aromatic rings. The van der Waals surface area contributed by atoms with Crippen molar-refractivity contribution < 1.29 is 14.0 Å². The summed E-state index contributed by atoms with van der Waals surface area (Å²) in [7, 11) is 1.48. The Hall–Kier alpha value is -1.29. The Morgan fingerprint density at radius 1 is 1.62 bits per heavy atom. The van der Waals surface area contributed by atoms with Crippen molar-refractivity contribution in [1.82, 2.24) is 4.98 Å². The molecule has 3 nitrogen and oxygen atoms in total. The molecule has 0 aromatic carbocycles. The lowest BCUT2D eigenvalue weighted by molar-refractivity contribution is -0.866. The first kappa shape index (κ1) is 8.31. The molecule has 0 aliphatic rings. The van der Waals surface area contributed by atoms with E-state index in [0.717, 1.165) is 0 Å². The molecule has 2 rings (SSSR count). The first-order valence-corrected chi connectivity index (χ1v) is 4.03. The minimum atomic E-state index is -0.439. The summed E-state index contributed by atoms with van der Waals surface area (Å²) >= 11 is 5.64. The molecule has 0 amide bonds. The van der Waals surface area contributed by atoms with Crippen LogP contribution in [0.3, 0.4) is 0 Å². The summed E-state index contributed by atoms with van der Waals surface area (Å²) < 4.78 is 14.7. The number of nitrogens with one attached hydrogen (secondary N) is 1. The quantitative estimate of drug-likeness (QED) is 0.693. The first-order chi connectivity index (χ1) is 6.24. The van der Waals surface area contributed by atoms with E-state index in [1.54, 1.807) is 12.3 Å². The molecule has 13 heavy (non-hydrogen) atoms. The van der Waals surface area contributed by atoms with Gasteiger partial charge in [-0.3, -0.25) is 0 Å². The molecule has 0 fully saturated rings. The standard InChI is InChI=1S/C8H6ClFN2O/c1-13-12-4-6(9)7(10)5-2-3-11-8(5)12/h2-4H,1H3/p+1. The summed E-state index contributed by atoms with van der Waals surface area (Å²) in [5.41, 5.74) is 0.546. The maximum atomic E-state index is 13.3. The van der Waals surface area contributed by atoms with Gasteiger partial charge in [0.25, 0.3) is 0 Å². The molecule has 0 saturated carbocycles. The lowest BCUT2D eigenvalue weighted by Gasteiger charge is -1.98. The topological polar surface area (TPSA) is 28.9 Å². The van der Waals surface area contributed by atoms with Gasteiger partial charge >= 0.3 is 5.65 Å². The number of aromatic amines is 1. The van der Waals surface area contributed by atoms with Crippen LogP contribution in [-0.2, 0) is 0 Å². The van der Waals surface area contributed by atoms with Crippen LogP contribution in [0, 0.1) is 5.82 Å². The van der Waals surface area contributed by atoms with Crippen LogP contribution in [0.1, 0.15) is 0 Å². The van der Waals surface area contributed by atoms with Gasteiger partial charge in [-0.2, -0.15) is 0 Å². The molecular weight excluding hydrogens is 195 g/mol. The lowest BCUT2D eigenvalue weighted by atomic mass is 10.3. The van der Waals surface area contributed by atoms with E-state index in [9.17, 15) is 4.39 Å². The van der Waals surface area contributed by atoms with Crippen molar-refractivity contribution in [2.75, 3.05) is 7.11 Å². The van der Waals surface area contributed by atoms with E-state index in [1.165, 1.54) is 18.0 Å². The Morgan fingerprint density at radius 2 is 2.38 bits per heavy atom. The van der Waals surface area contributed by atoms with Crippen molar-refractivity contribution in [3.05, 3.63) is 29.3 Å². The van der Waals surface area contributed by atoms with E-state index in [4.69, 9.17) is 16.4 Å². The third kappa shape index (κ3) is 1.14. The van der Waals surface area contributed by atoms with Gasteiger partial charge < -0.3 is 4.84 Å². The number of fused-ring (bicyclic) bond motifs is 1. The molecule has 0 saturated heterocycles. The number of halogens is 2. The van der Waals surface area contributed by atoms with Crippen molar-refractivity contribution in [3.8, 4) is 0 Å². The molecule has 5 heteroatoms. The molecule has 0 atom stereocenters. The van der Waals surface area contributed by atoms with Gasteiger partial charge in [-0.15, -0.1) is 0 Å². The number of hydrogen-bond acceptors (Lipinski definition) is 1. The number of pyridine rings is 1. The average molecular weight is 202 g/mol. The van der Waals surface area contributed by atoms with Crippen LogP contribution in [0.4, 0.5) is 4.39 Å². The van der Waals surface area contributed by atoms with Gasteiger partial charge in [-0.05, 0) is 10.8 Å². The normalized spacial score (nSPS) is 10.7. The molecule has 68 valence electrons. The third-order valence-electron chi connectivity index (χ3n) is 1.82. The summed E-state index contributed by atoms with van der Waals surface area (Å²) in [6.45, 7) is 0. The van der Waals surface area contributed by atoms with Crippen molar-refractivity contribution in [1.29, 1.82) is 0 Å². The summed E-state index contributed by atoms with van der Waals surface area (Å²) in [5, 5.41) is 0.448. The van der Waals surface area contributed by atoms with Crippen molar-refractivity contribution >= 4 is 22.6 Å². The summed E-state index contributed by atoms with van der Waals surface area (Å²) in [4.78, 5) is 7.80. The molecule has 2 heterocycles. The van der Waals surface area contributed by atoms with E-state index < -0.39 is 5.82 Å². The Kier molecular flexibility index (Phi) is 1.84. The van der Waals surface area contributed by atoms with Crippen LogP contribution >= 0.6 is 11.6 Å². The molecule has 0 bridgehead atoms. The van der Waals surface area contributed by atoms with Crippen LogP contribution < -0.4 is 9.57 Å². The highest BCUT2D eigenvalue weighted by Gasteiger charge is 2.16. The molecular formula is C8H7ClFN2O+. The minimum absolute atomic E-state index is 0.0361. The van der Waals surface area contributed by atoms with Gasteiger partial charge in [-0.1, -0.05) is 11.6 Å². The van der Waals surface area contributed by atoms with Gasteiger partial charge in [0.05, 0.1) is 6.20 Å². The largest absolute Gasteiger partial charge is 0.339 e. The Balaban J connectivity index is 2.87. The highest BCUT2D eigenvalue weighted by molar-refractivity contribution is 6.31.